The second kappa shape index (κ2) is 8.24. The minimum absolute atomic E-state index is 0.115. The molecule has 0 spiro atoms. The molecule has 6 heteroatoms. The molecule has 2 atom stereocenters. The molecule has 1 aliphatic heterocycles. The average molecular weight is 427 g/mol. The highest BCUT2D eigenvalue weighted by atomic mass is 32.1. The first-order valence-corrected chi connectivity index (χ1v) is 10.5. The summed E-state index contributed by atoms with van der Waals surface area (Å²) in [6, 6.07) is 28.2. The molecule has 4 aromatic rings. The summed E-state index contributed by atoms with van der Waals surface area (Å²) in [6.45, 7) is 0. The van der Waals surface area contributed by atoms with Gasteiger partial charge in [-0.15, -0.1) is 0 Å². The minimum Gasteiger partial charge on any atom is -0.495 e. The van der Waals surface area contributed by atoms with E-state index in [0.29, 0.717) is 5.11 Å². The molecule has 2 aromatic carbocycles. The first-order valence-electron chi connectivity index (χ1n) is 10.1. The normalized spacial score (nSPS) is 18.1. The van der Waals surface area contributed by atoms with Crippen LogP contribution < -0.4 is 15.0 Å². The number of aromatic nitrogens is 2. The van der Waals surface area contributed by atoms with Crippen molar-refractivity contribution < 1.29 is 4.74 Å². The lowest BCUT2D eigenvalue weighted by molar-refractivity contribution is 0.414. The molecule has 0 amide bonds. The van der Waals surface area contributed by atoms with E-state index in [4.69, 9.17) is 17.0 Å². The summed E-state index contributed by atoms with van der Waals surface area (Å²) >= 11 is 5.84. The maximum atomic E-state index is 5.84. The van der Waals surface area contributed by atoms with Gasteiger partial charge in [0.05, 0.1) is 24.5 Å². The molecule has 1 fully saturated rings. The molecule has 5 nitrogen and oxygen atoms in total. The van der Waals surface area contributed by atoms with E-state index >= 15 is 0 Å². The van der Waals surface area contributed by atoms with Crippen LogP contribution in [0.3, 0.4) is 0 Å². The number of hydrogen-bond acceptors (Lipinski definition) is 3. The summed E-state index contributed by atoms with van der Waals surface area (Å²) in [4.78, 5) is 6.78. The van der Waals surface area contributed by atoms with Crippen molar-refractivity contribution in [2.24, 2.45) is 0 Å². The Hall–Kier alpha value is -3.64. The molecule has 0 aliphatic carbocycles. The van der Waals surface area contributed by atoms with Gasteiger partial charge in [-0.3, -0.25) is 4.98 Å². The first kappa shape index (κ1) is 19.3. The van der Waals surface area contributed by atoms with Gasteiger partial charge < -0.3 is 19.5 Å². The van der Waals surface area contributed by atoms with E-state index in [1.165, 1.54) is 0 Å². The van der Waals surface area contributed by atoms with Gasteiger partial charge in [-0.2, -0.15) is 0 Å². The summed E-state index contributed by atoms with van der Waals surface area (Å²) in [5.41, 5.74) is 4.07. The third-order valence-corrected chi connectivity index (χ3v) is 5.88. The monoisotopic (exact) mass is 426 g/mol. The predicted molar refractivity (Wildman–Crippen MR) is 127 cm³/mol. The highest BCUT2D eigenvalue weighted by Crippen LogP contribution is 2.44. The second-order valence-corrected chi connectivity index (χ2v) is 7.69. The van der Waals surface area contributed by atoms with Crippen molar-refractivity contribution in [3.63, 3.8) is 0 Å². The quantitative estimate of drug-likeness (QED) is 0.452. The summed E-state index contributed by atoms with van der Waals surface area (Å²) in [6.07, 6.45) is 3.90. The molecule has 1 saturated heterocycles. The van der Waals surface area contributed by atoms with Crippen molar-refractivity contribution in [1.82, 2.24) is 14.9 Å². The first-order chi connectivity index (χ1) is 15.3. The van der Waals surface area contributed by atoms with Crippen LogP contribution in [0.15, 0.2) is 97.3 Å². The number of benzene rings is 2. The summed E-state index contributed by atoms with van der Waals surface area (Å²) in [5, 5.41) is 4.16. The van der Waals surface area contributed by atoms with E-state index in [1.54, 1.807) is 7.11 Å². The summed E-state index contributed by atoms with van der Waals surface area (Å²) < 4.78 is 7.88. The van der Waals surface area contributed by atoms with Crippen LogP contribution in [0, 0.1) is 0 Å². The van der Waals surface area contributed by atoms with Crippen LogP contribution in [0.2, 0.25) is 0 Å². The molecule has 154 valence electrons. The van der Waals surface area contributed by atoms with Crippen LogP contribution in [-0.4, -0.2) is 21.8 Å². The van der Waals surface area contributed by atoms with Gasteiger partial charge >= 0.3 is 0 Å². The van der Waals surface area contributed by atoms with Gasteiger partial charge in [0.25, 0.3) is 0 Å². The largest absolute Gasteiger partial charge is 0.495 e. The molecular weight excluding hydrogens is 404 g/mol. The van der Waals surface area contributed by atoms with Crippen molar-refractivity contribution in [3.05, 3.63) is 109 Å². The Bertz CT molecular complexity index is 1190. The molecule has 1 aliphatic rings. The number of pyridine rings is 1. The number of nitrogens with zero attached hydrogens (tertiary/aromatic N) is 3. The van der Waals surface area contributed by atoms with E-state index in [2.05, 4.69) is 50.2 Å². The third-order valence-electron chi connectivity index (χ3n) is 5.56. The highest BCUT2D eigenvalue weighted by Gasteiger charge is 2.43. The standard InChI is InChI=1S/C25H22N4OS/c1-30-22-15-6-5-13-20(22)29-24(23(27-25(29)31)19-12-7-8-16-26-19)21-14-9-17-28(21)18-10-3-2-4-11-18/h2-17,23-24H,1H3,(H,27,31)/t23-,24-/m1/s1. The van der Waals surface area contributed by atoms with E-state index < -0.39 is 0 Å². The van der Waals surface area contributed by atoms with Crippen LogP contribution in [0.5, 0.6) is 5.75 Å². The Balaban J connectivity index is 1.69. The van der Waals surface area contributed by atoms with E-state index in [1.807, 2.05) is 66.9 Å². The highest BCUT2D eigenvalue weighted by molar-refractivity contribution is 7.80. The van der Waals surface area contributed by atoms with Crippen LogP contribution in [-0.2, 0) is 0 Å². The Morgan fingerprint density at radius 1 is 0.903 bits per heavy atom. The summed E-state index contributed by atoms with van der Waals surface area (Å²) in [7, 11) is 1.68. The molecule has 0 unspecified atom stereocenters. The van der Waals surface area contributed by atoms with Crippen molar-refractivity contribution in [2.75, 3.05) is 12.0 Å². The number of anilines is 1. The van der Waals surface area contributed by atoms with Gasteiger partial charge in [0.2, 0.25) is 0 Å². The zero-order valence-electron chi connectivity index (χ0n) is 17.1. The van der Waals surface area contributed by atoms with Gasteiger partial charge in [-0.25, -0.2) is 0 Å². The van der Waals surface area contributed by atoms with Crippen LogP contribution >= 0.6 is 12.2 Å². The van der Waals surface area contributed by atoms with Gasteiger partial charge in [-0.1, -0.05) is 36.4 Å². The Morgan fingerprint density at radius 2 is 1.68 bits per heavy atom. The third kappa shape index (κ3) is 3.45. The molecule has 5 rings (SSSR count). The lowest BCUT2D eigenvalue weighted by atomic mass is 10.0. The van der Waals surface area contributed by atoms with Crippen LogP contribution in [0.4, 0.5) is 5.69 Å². The Kier molecular flexibility index (Phi) is 5.14. The number of rotatable bonds is 5. The van der Waals surface area contributed by atoms with Crippen molar-refractivity contribution in [2.45, 2.75) is 12.1 Å². The maximum absolute atomic E-state index is 5.84. The molecule has 0 saturated carbocycles. The average Bonchev–Trinajstić information content (AvgIpc) is 3.44. The maximum Gasteiger partial charge on any atom is 0.174 e. The minimum atomic E-state index is -0.117. The zero-order chi connectivity index (χ0) is 21.2. The van der Waals surface area contributed by atoms with E-state index in [0.717, 1.165) is 28.5 Å². The van der Waals surface area contributed by atoms with Gasteiger partial charge in [0, 0.05) is 23.8 Å². The zero-order valence-corrected chi connectivity index (χ0v) is 17.9. The molecule has 1 N–H and O–H groups in total. The number of para-hydroxylation sites is 3. The van der Waals surface area contributed by atoms with Crippen molar-refractivity contribution >= 4 is 23.0 Å². The SMILES string of the molecule is COc1ccccc1N1C(=S)N[C@H](c2ccccn2)[C@H]1c1cccn1-c1ccccc1. The fourth-order valence-corrected chi connectivity index (χ4v) is 4.54. The van der Waals surface area contributed by atoms with Crippen molar-refractivity contribution in [1.29, 1.82) is 0 Å². The van der Waals surface area contributed by atoms with Gasteiger partial charge in [-0.05, 0) is 60.7 Å². The predicted octanol–water partition coefficient (Wildman–Crippen LogP) is 5.06. The molecular formula is C25H22N4OS. The summed E-state index contributed by atoms with van der Waals surface area (Å²) in [5.74, 6) is 0.774. The van der Waals surface area contributed by atoms with Crippen LogP contribution in [0.1, 0.15) is 23.5 Å². The van der Waals surface area contributed by atoms with E-state index in [9.17, 15) is 0 Å². The number of nitrogens with one attached hydrogen (secondary N) is 1. The number of thiocarbonyl (C=S) groups is 1. The Labute approximate surface area is 186 Å². The number of hydrogen-bond donors (Lipinski definition) is 1. The lowest BCUT2D eigenvalue weighted by Crippen LogP contribution is -2.30. The lowest BCUT2D eigenvalue weighted by Gasteiger charge is -2.29. The fourth-order valence-electron chi connectivity index (χ4n) is 4.20. The molecule has 3 heterocycles. The molecule has 31 heavy (non-hydrogen) atoms. The Morgan fingerprint density at radius 3 is 2.45 bits per heavy atom. The smallest absolute Gasteiger partial charge is 0.174 e. The van der Waals surface area contributed by atoms with Crippen molar-refractivity contribution in [3.8, 4) is 11.4 Å². The number of ether oxygens (including phenoxy) is 1. The molecule has 0 radical (unpaired) electrons. The molecule has 2 aromatic heterocycles. The second-order valence-electron chi connectivity index (χ2n) is 7.31. The number of methoxy groups -OCH3 is 1. The van der Waals surface area contributed by atoms with E-state index in [-0.39, 0.29) is 12.1 Å². The topological polar surface area (TPSA) is 42.3 Å². The fraction of sp³-hybridized carbons (Fsp3) is 0.120. The molecule has 0 bridgehead atoms. The van der Waals surface area contributed by atoms with Crippen LogP contribution in [0.25, 0.3) is 5.69 Å². The van der Waals surface area contributed by atoms with Gasteiger partial charge in [0.1, 0.15) is 11.8 Å². The van der Waals surface area contributed by atoms with Gasteiger partial charge in [0.15, 0.2) is 5.11 Å².